The molecular formula is C18H19N3O2. The molecule has 2 aromatic rings. The van der Waals surface area contributed by atoms with Gasteiger partial charge in [-0.25, -0.2) is 4.79 Å². The first-order valence-electron chi connectivity index (χ1n) is 7.19. The number of urea groups is 1. The van der Waals surface area contributed by atoms with Crippen LogP contribution in [0.1, 0.15) is 25.0 Å². The van der Waals surface area contributed by atoms with Gasteiger partial charge in [-0.3, -0.25) is 0 Å². The molecule has 0 spiro atoms. The number of carbonyl (C=O) groups is 1. The third-order valence-corrected chi connectivity index (χ3v) is 3.50. The number of rotatable bonds is 4. The lowest BCUT2D eigenvalue weighted by Gasteiger charge is -2.28. The van der Waals surface area contributed by atoms with E-state index in [0.29, 0.717) is 17.0 Å². The second kappa shape index (κ2) is 6.84. The molecule has 2 rings (SSSR count). The molecule has 0 fully saturated rings. The van der Waals surface area contributed by atoms with Gasteiger partial charge in [0.05, 0.1) is 23.9 Å². The van der Waals surface area contributed by atoms with Crippen molar-refractivity contribution in [3.8, 4) is 11.8 Å². The Morgan fingerprint density at radius 1 is 1.13 bits per heavy atom. The molecule has 0 unspecified atom stereocenters. The molecular weight excluding hydrogens is 290 g/mol. The summed E-state index contributed by atoms with van der Waals surface area (Å²) >= 11 is 0. The SMILES string of the molecule is COc1ccccc1C(C)(C)NC(=O)Nc1ccccc1C#N. The van der Waals surface area contributed by atoms with Gasteiger partial charge in [-0.1, -0.05) is 30.3 Å². The lowest BCUT2D eigenvalue weighted by Crippen LogP contribution is -2.43. The number of ether oxygens (including phenoxy) is 1. The molecule has 2 aromatic carbocycles. The van der Waals surface area contributed by atoms with E-state index in [2.05, 4.69) is 16.7 Å². The van der Waals surface area contributed by atoms with E-state index in [4.69, 9.17) is 10.00 Å². The first-order chi connectivity index (χ1) is 11.0. The summed E-state index contributed by atoms with van der Waals surface area (Å²) in [7, 11) is 1.60. The van der Waals surface area contributed by atoms with Crippen LogP contribution >= 0.6 is 0 Å². The Balaban J connectivity index is 2.17. The summed E-state index contributed by atoms with van der Waals surface area (Å²) < 4.78 is 5.35. The molecule has 0 aliphatic rings. The molecule has 0 radical (unpaired) electrons. The number of nitrogens with one attached hydrogen (secondary N) is 2. The second-order valence-corrected chi connectivity index (χ2v) is 5.56. The standard InChI is InChI=1S/C18H19N3O2/c1-18(2,14-9-5-7-11-16(14)23-3)21-17(22)20-15-10-6-4-8-13(15)12-19/h4-11H,1-3H3,(H2,20,21,22). The zero-order valence-electron chi connectivity index (χ0n) is 13.4. The van der Waals surface area contributed by atoms with Gasteiger partial charge in [0, 0.05) is 5.56 Å². The number of nitriles is 1. The average molecular weight is 309 g/mol. The molecule has 0 atom stereocenters. The molecule has 0 saturated heterocycles. The highest BCUT2D eigenvalue weighted by Crippen LogP contribution is 2.29. The van der Waals surface area contributed by atoms with E-state index in [1.807, 2.05) is 38.1 Å². The molecule has 5 nitrogen and oxygen atoms in total. The third-order valence-electron chi connectivity index (χ3n) is 3.50. The highest BCUT2D eigenvalue weighted by atomic mass is 16.5. The number of methoxy groups -OCH3 is 1. The van der Waals surface area contributed by atoms with Crippen LogP contribution in [-0.4, -0.2) is 13.1 Å². The van der Waals surface area contributed by atoms with Crippen LogP contribution in [0.5, 0.6) is 5.75 Å². The van der Waals surface area contributed by atoms with Gasteiger partial charge in [-0.15, -0.1) is 0 Å². The number of hydrogen-bond acceptors (Lipinski definition) is 3. The quantitative estimate of drug-likeness (QED) is 0.905. The third kappa shape index (κ3) is 3.80. The number of amides is 2. The number of nitrogens with zero attached hydrogens (tertiary/aromatic N) is 1. The number of anilines is 1. The van der Waals surface area contributed by atoms with Crippen molar-refractivity contribution in [3.63, 3.8) is 0 Å². The maximum atomic E-state index is 12.3. The van der Waals surface area contributed by atoms with E-state index in [-0.39, 0.29) is 6.03 Å². The Morgan fingerprint density at radius 3 is 2.48 bits per heavy atom. The van der Waals surface area contributed by atoms with Crippen LogP contribution < -0.4 is 15.4 Å². The zero-order chi connectivity index (χ0) is 16.9. The van der Waals surface area contributed by atoms with Gasteiger partial charge in [0.1, 0.15) is 11.8 Å². The van der Waals surface area contributed by atoms with E-state index in [9.17, 15) is 4.79 Å². The minimum atomic E-state index is -0.641. The van der Waals surface area contributed by atoms with Crippen molar-refractivity contribution < 1.29 is 9.53 Å². The van der Waals surface area contributed by atoms with E-state index >= 15 is 0 Å². The smallest absolute Gasteiger partial charge is 0.319 e. The van der Waals surface area contributed by atoms with Crippen LogP contribution in [0.15, 0.2) is 48.5 Å². The van der Waals surface area contributed by atoms with Gasteiger partial charge in [0.25, 0.3) is 0 Å². The summed E-state index contributed by atoms with van der Waals surface area (Å²) in [6.45, 7) is 3.78. The van der Waals surface area contributed by atoms with Crippen molar-refractivity contribution in [3.05, 3.63) is 59.7 Å². The van der Waals surface area contributed by atoms with Crippen molar-refractivity contribution in [1.29, 1.82) is 5.26 Å². The molecule has 5 heteroatoms. The van der Waals surface area contributed by atoms with Crippen LogP contribution in [0.3, 0.4) is 0 Å². The fourth-order valence-corrected chi connectivity index (χ4v) is 2.36. The van der Waals surface area contributed by atoms with Gasteiger partial charge in [0.2, 0.25) is 0 Å². The minimum Gasteiger partial charge on any atom is -0.496 e. The number of carbonyl (C=O) groups excluding carboxylic acids is 1. The van der Waals surface area contributed by atoms with Crippen molar-refractivity contribution in [2.75, 3.05) is 12.4 Å². The first kappa shape index (κ1) is 16.4. The molecule has 2 amide bonds. The van der Waals surface area contributed by atoms with Gasteiger partial charge in [-0.2, -0.15) is 5.26 Å². The van der Waals surface area contributed by atoms with E-state index in [0.717, 1.165) is 5.56 Å². The largest absolute Gasteiger partial charge is 0.496 e. The molecule has 2 N–H and O–H groups in total. The Morgan fingerprint density at radius 2 is 1.78 bits per heavy atom. The molecule has 118 valence electrons. The van der Waals surface area contributed by atoms with Crippen molar-refractivity contribution >= 4 is 11.7 Å². The lowest BCUT2D eigenvalue weighted by atomic mass is 9.93. The highest BCUT2D eigenvalue weighted by Gasteiger charge is 2.26. The summed E-state index contributed by atoms with van der Waals surface area (Å²) in [5, 5.41) is 14.7. The van der Waals surface area contributed by atoms with Gasteiger partial charge in [0.15, 0.2) is 0 Å². The fourth-order valence-electron chi connectivity index (χ4n) is 2.36. The number of hydrogen-bond donors (Lipinski definition) is 2. The molecule has 0 aliphatic carbocycles. The molecule has 0 saturated carbocycles. The van der Waals surface area contributed by atoms with Crippen molar-refractivity contribution in [2.45, 2.75) is 19.4 Å². The lowest BCUT2D eigenvalue weighted by molar-refractivity contribution is 0.241. The molecule has 0 aromatic heterocycles. The molecule has 0 heterocycles. The van der Waals surface area contributed by atoms with Crippen LogP contribution in [0.2, 0.25) is 0 Å². The second-order valence-electron chi connectivity index (χ2n) is 5.56. The summed E-state index contributed by atoms with van der Waals surface area (Å²) in [4.78, 5) is 12.3. The maximum Gasteiger partial charge on any atom is 0.319 e. The Kier molecular flexibility index (Phi) is 4.87. The van der Waals surface area contributed by atoms with E-state index < -0.39 is 5.54 Å². The Bertz CT molecular complexity index is 748. The zero-order valence-corrected chi connectivity index (χ0v) is 13.4. The summed E-state index contributed by atoms with van der Waals surface area (Å²) in [6.07, 6.45) is 0. The van der Waals surface area contributed by atoms with Gasteiger partial charge >= 0.3 is 6.03 Å². The first-order valence-corrected chi connectivity index (χ1v) is 7.19. The van der Waals surface area contributed by atoms with Crippen LogP contribution in [-0.2, 0) is 5.54 Å². The van der Waals surface area contributed by atoms with Crippen molar-refractivity contribution in [2.24, 2.45) is 0 Å². The summed E-state index contributed by atoms with van der Waals surface area (Å²) in [6, 6.07) is 16.0. The van der Waals surface area contributed by atoms with Crippen LogP contribution in [0.4, 0.5) is 10.5 Å². The Hall–Kier alpha value is -3.00. The fraction of sp³-hybridized carbons (Fsp3) is 0.222. The Labute approximate surface area is 135 Å². The van der Waals surface area contributed by atoms with E-state index in [1.54, 1.807) is 31.4 Å². The topological polar surface area (TPSA) is 74.2 Å². The minimum absolute atomic E-state index is 0.386. The summed E-state index contributed by atoms with van der Waals surface area (Å²) in [5.74, 6) is 0.704. The van der Waals surface area contributed by atoms with Crippen LogP contribution in [0.25, 0.3) is 0 Å². The molecule has 0 aliphatic heterocycles. The summed E-state index contributed by atoms with van der Waals surface area (Å²) in [5.41, 5.74) is 1.12. The highest BCUT2D eigenvalue weighted by molar-refractivity contribution is 5.91. The van der Waals surface area contributed by atoms with Crippen molar-refractivity contribution in [1.82, 2.24) is 5.32 Å². The number of benzene rings is 2. The maximum absolute atomic E-state index is 12.3. The molecule has 23 heavy (non-hydrogen) atoms. The normalized spacial score (nSPS) is 10.5. The predicted molar refractivity (Wildman–Crippen MR) is 89.3 cm³/mol. The van der Waals surface area contributed by atoms with E-state index in [1.165, 1.54) is 0 Å². The van der Waals surface area contributed by atoms with Gasteiger partial charge < -0.3 is 15.4 Å². The average Bonchev–Trinajstić information content (AvgIpc) is 2.54. The van der Waals surface area contributed by atoms with Crippen LogP contribution in [0, 0.1) is 11.3 Å². The van der Waals surface area contributed by atoms with Gasteiger partial charge in [-0.05, 0) is 32.0 Å². The monoisotopic (exact) mass is 309 g/mol. The number of para-hydroxylation sites is 2. The molecule has 0 bridgehead atoms. The predicted octanol–water partition coefficient (Wildman–Crippen LogP) is 3.62.